The van der Waals surface area contributed by atoms with Crippen molar-refractivity contribution in [3.05, 3.63) is 63.5 Å². The highest BCUT2D eigenvalue weighted by molar-refractivity contribution is 6.31. The molecule has 3 rings (SSSR count). The second-order valence-corrected chi connectivity index (χ2v) is 6.12. The zero-order valence-corrected chi connectivity index (χ0v) is 14.2. The summed E-state index contributed by atoms with van der Waals surface area (Å²) in [5.74, 6) is -0.220. The van der Waals surface area contributed by atoms with Gasteiger partial charge in [-0.15, -0.1) is 0 Å². The van der Waals surface area contributed by atoms with Gasteiger partial charge in [0.15, 0.2) is 0 Å². The first-order valence-corrected chi connectivity index (χ1v) is 7.99. The molecule has 2 aromatic heterocycles. The lowest BCUT2D eigenvalue weighted by molar-refractivity contribution is 0.102. The van der Waals surface area contributed by atoms with Crippen molar-refractivity contribution in [3.8, 4) is 0 Å². The molecule has 1 N–H and O–H groups in total. The van der Waals surface area contributed by atoms with Crippen LogP contribution < -0.4 is 5.32 Å². The van der Waals surface area contributed by atoms with Crippen molar-refractivity contribution in [1.29, 1.82) is 0 Å². The molecule has 0 radical (unpaired) electrons. The summed E-state index contributed by atoms with van der Waals surface area (Å²) in [6.45, 7) is 3.86. The van der Waals surface area contributed by atoms with Gasteiger partial charge in [-0.25, -0.2) is 4.98 Å². The van der Waals surface area contributed by atoms with Gasteiger partial charge in [-0.1, -0.05) is 30.1 Å². The van der Waals surface area contributed by atoms with Crippen LogP contribution in [0.3, 0.4) is 0 Å². The number of hydrogen-bond acceptors (Lipinski definition) is 2. The highest BCUT2D eigenvalue weighted by Gasteiger charge is 2.19. The number of hydrogen-bond donors (Lipinski definition) is 1. The average Bonchev–Trinajstić information content (AvgIpc) is 2.87. The molecule has 4 nitrogen and oxygen atoms in total. The van der Waals surface area contributed by atoms with Crippen LogP contribution in [0.15, 0.2) is 36.5 Å². The number of carbonyl (C=O) groups is 1. The van der Waals surface area contributed by atoms with E-state index < -0.39 is 0 Å². The Balaban J connectivity index is 2.04. The molecular weight excluding hydrogens is 333 g/mol. The van der Waals surface area contributed by atoms with Gasteiger partial charge in [-0.3, -0.25) is 9.20 Å². The van der Waals surface area contributed by atoms with E-state index in [0.717, 1.165) is 16.9 Å². The third-order valence-electron chi connectivity index (χ3n) is 3.64. The normalized spacial score (nSPS) is 11.0. The Bertz CT molecular complexity index is 902. The molecule has 23 heavy (non-hydrogen) atoms. The van der Waals surface area contributed by atoms with E-state index in [1.807, 2.05) is 19.9 Å². The lowest BCUT2D eigenvalue weighted by Crippen LogP contribution is -2.17. The zero-order valence-electron chi connectivity index (χ0n) is 12.7. The molecule has 0 saturated carbocycles. The maximum absolute atomic E-state index is 12.8. The lowest BCUT2D eigenvalue weighted by atomic mass is 10.2. The van der Waals surface area contributed by atoms with Crippen LogP contribution in [0.4, 0.5) is 5.69 Å². The fraction of sp³-hybridized carbons (Fsp3) is 0.176. The molecule has 0 unspecified atom stereocenters. The Morgan fingerprint density at radius 1 is 1.22 bits per heavy atom. The molecule has 3 aromatic rings. The molecule has 0 atom stereocenters. The molecule has 0 saturated heterocycles. The number of nitrogens with zero attached hydrogens (tertiary/aromatic N) is 2. The Morgan fingerprint density at radius 2 is 1.96 bits per heavy atom. The Hall–Kier alpha value is -2.04. The first-order valence-electron chi connectivity index (χ1n) is 7.23. The van der Waals surface area contributed by atoms with Crippen LogP contribution >= 0.6 is 23.2 Å². The third kappa shape index (κ3) is 3.05. The summed E-state index contributed by atoms with van der Waals surface area (Å²) in [7, 11) is 0. The minimum Gasteiger partial charge on any atom is -0.320 e. The number of imidazole rings is 1. The van der Waals surface area contributed by atoms with E-state index in [2.05, 4.69) is 10.3 Å². The van der Waals surface area contributed by atoms with Gasteiger partial charge in [0.2, 0.25) is 0 Å². The number of carbonyl (C=O) groups excluding carboxylic acids is 1. The molecular formula is C17H15Cl2N3O. The molecule has 6 heteroatoms. The molecule has 1 aromatic carbocycles. The topological polar surface area (TPSA) is 46.4 Å². The number of benzene rings is 1. The minimum absolute atomic E-state index is 0.220. The van der Waals surface area contributed by atoms with Gasteiger partial charge >= 0.3 is 0 Å². The maximum atomic E-state index is 12.8. The molecule has 0 spiro atoms. The highest BCUT2D eigenvalue weighted by atomic mass is 35.5. The molecule has 118 valence electrons. The van der Waals surface area contributed by atoms with Crippen LogP contribution in [0.1, 0.15) is 28.7 Å². The molecule has 2 heterocycles. The summed E-state index contributed by atoms with van der Waals surface area (Å²) < 4.78 is 1.72. The average molecular weight is 348 g/mol. The lowest BCUT2D eigenvalue weighted by Gasteiger charge is -2.09. The smallest absolute Gasteiger partial charge is 0.274 e. The minimum atomic E-state index is -0.220. The number of anilines is 1. The van der Waals surface area contributed by atoms with Crippen LogP contribution in [0.2, 0.25) is 10.0 Å². The summed E-state index contributed by atoms with van der Waals surface area (Å²) in [5.41, 5.74) is 3.55. The Labute approximate surface area is 144 Å². The van der Waals surface area contributed by atoms with Gasteiger partial charge in [-0.05, 0) is 49.2 Å². The molecule has 0 aliphatic rings. The maximum Gasteiger partial charge on any atom is 0.274 e. The van der Waals surface area contributed by atoms with Crippen molar-refractivity contribution in [1.82, 2.24) is 9.38 Å². The van der Waals surface area contributed by atoms with Crippen molar-refractivity contribution in [3.63, 3.8) is 0 Å². The van der Waals surface area contributed by atoms with E-state index in [1.165, 1.54) is 0 Å². The van der Waals surface area contributed by atoms with Crippen molar-refractivity contribution < 1.29 is 4.79 Å². The summed E-state index contributed by atoms with van der Waals surface area (Å²) in [6.07, 6.45) is 2.36. The number of rotatable bonds is 3. The van der Waals surface area contributed by atoms with E-state index in [-0.39, 0.29) is 5.91 Å². The van der Waals surface area contributed by atoms with Crippen molar-refractivity contribution in [2.75, 3.05) is 5.32 Å². The number of pyridine rings is 1. The SMILES string of the molecule is CCc1nc2ccc(Cl)cn2c1C(=O)Nc1ccc(Cl)cc1C. The van der Waals surface area contributed by atoms with Crippen molar-refractivity contribution in [2.45, 2.75) is 20.3 Å². The van der Waals surface area contributed by atoms with Crippen molar-refractivity contribution in [2.24, 2.45) is 0 Å². The van der Waals surface area contributed by atoms with Gasteiger partial charge in [-0.2, -0.15) is 0 Å². The molecule has 0 aliphatic heterocycles. The second-order valence-electron chi connectivity index (χ2n) is 5.25. The number of fused-ring (bicyclic) bond motifs is 1. The van der Waals surface area contributed by atoms with E-state index in [4.69, 9.17) is 23.2 Å². The number of amides is 1. The summed E-state index contributed by atoms with van der Waals surface area (Å²) in [6, 6.07) is 8.90. The van der Waals surface area contributed by atoms with E-state index in [0.29, 0.717) is 27.8 Å². The van der Waals surface area contributed by atoms with Gasteiger partial charge in [0, 0.05) is 16.9 Å². The number of aromatic nitrogens is 2. The van der Waals surface area contributed by atoms with Gasteiger partial charge in [0.1, 0.15) is 11.3 Å². The fourth-order valence-corrected chi connectivity index (χ4v) is 2.89. The standard InChI is InChI=1S/C17H15Cl2N3O/c1-3-13-16(22-9-12(19)5-7-15(22)20-13)17(23)21-14-6-4-11(18)8-10(14)2/h4-9H,3H2,1-2H3,(H,21,23). The zero-order chi connectivity index (χ0) is 16.6. The summed E-state index contributed by atoms with van der Waals surface area (Å²) in [5, 5.41) is 4.11. The third-order valence-corrected chi connectivity index (χ3v) is 4.10. The van der Waals surface area contributed by atoms with Crippen LogP contribution in [0, 0.1) is 6.92 Å². The van der Waals surface area contributed by atoms with E-state index in [9.17, 15) is 4.79 Å². The van der Waals surface area contributed by atoms with E-state index in [1.54, 1.807) is 34.9 Å². The molecule has 0 bridgehead atoms. The largest absolute Gasteiger partial charge is 0.320 e. The van der Waals surface area contributed by atoms with Crippen LogP contribution in [0.5, 0.6) is 0 Å². The summed E-state index contributed by atoms with van der Waals surface area (Å²) in [4.78, 5) is 17.3. The van der Waals surface area contributed by atoms with E-state index >= 15 is 0 Å². The second kappa shape index (κ2) is 6.22. The number of nitrogens with one attached hydrogen (secondary N) is 1. The van der Waals surface area contributed by atoms with Gasteiger partial charge < -0.3 is 5.32 Å². The molecule has 1 amide bonds. The number of halogens is 2. The van der Waals surface area contributed by atoms with Crippen LogP contribution in [0.25, 0.3) is 5.65 Å². The number of aryl methyl sites for hydroxylation is 2. The predicted molar refractivity (Wildman–Crippen MR) is 93.7 cm³/mol. The van der Waals surface area contributed by atoms with Gasteiger partial charge in [0.25, 0.3) is 5.91 Å². The quantitative estimate of drug-likeness (QED) is 0.741. The van der Waals surface area contributed by atoms with Gasteiger partial charge in [0.05, 0.1) is 10.7 Å². The summed E-state index contributed by atoms with van der Waals surface area (Å²) >= 11 is 12.0. The van der Waals surface area contributed by atoms with Crippen LogP contribution in [-0.4, -0.2) is 15.3 Å². The fourth-order valence-electron chi connectivity index (χ4n) is 2.50. The van der Waals surface area contributed by atoms with Crippen molar-refractivity contribution >= 4 is 40.4 Å². The molecule has 0 aliphatic carbocycles. The Kier molecular flexibility index (Phi) is 4.28. The monoisotopic (exact) mass is 347 g/mol. The highest BCUT2D eigenvalue weighted by Crippen LogP contribution is 2.22. The predicted octanol–water partition coefficient (Wildman–Crippen LogP) is 4.76. The van der Waals surface area contributed by atoms with Crippen LogP contribution in [-0.2, 0) is 6.42 Å². The first kappa shape index (κ1) is 15.8. The molecule has 0 fully saturated rings. The first-order chi connectivity index (χ1) is 11.0. The Morgan fingerprint density at radius 3 is 2.65 bits per heavy atom.